The molecule has 0 radical (unpaired) electrons. The van der Waals surface area contributed by atoms with Gasteiger partial charge in [0.05, 0.1) is 17.2 Å². The number of carbonyl (C=O) groups excluding carboxylic acids is 1. The first-order valence-corrected chi connectivity index (χ1v) is 9.45. The van der Waals surface area contributed by atoms with Crippen LogP contribution in [0.2, 0.25) is 5.02 Å². The van der Waals surface area contributed by atoms with Gasteiger partial charge in [-0.2, -0.15) is 0 Å². The van der Waals surface area contributed by atoms with Crippen LogP contribution in [0.15, 0.2) is 63.7 Å². The third-order valence-corrected chi connectivity index (χ3v) is 4.96. The molecule has 2 aromatic rings. The van der Waals surface area contributed by atoms with Crippen molar-refractivity contribution in [2.24, 2.45) is 4.99 Å². The van der Waals surface area contributed by atoms with E-state index in [-0.39, 0.29) is 34.5 Å². The molecule has 3 rings (SSSR count). The van der Waals surface area contributed by atoms with Crippen LogP contribution >= 0.6 is 23.4 Å². The normalized spacial score (nSPS) is 16.8. The minimum atomic E-state index is -0.690. The molecule has 0 unspecified atom stereocenters. The molecule has 0 aromatic heterocycles. The monoisotopic (exact) mass is 417 g/mol. The Labute approximate surface area is 170 Å². The fourth-order valence-corrected chi connectivity index (χ4v) is 3.66. The first-order valence-electron chi connectivity index (χ1n) is 8.26. The highest BCUT2D eigenvalue weighted by Gasteiger charge is 2.33. The van der Waals surface area contributed by atoms with E-state index in [0.717, 1.165) is 11.8 Å². The first kappa shape index (κ1) is 19.9. The number of carbonyl (C=O) groups is 1. The minimum absolute atomic E-state index is 0.0407. The number of rotatable bonds is 4. The summed E-state index contributed by atoms with van der Waals surface area (Å²) in [5, 5.41) is 30.5. The molecule has 144 valence electrons. The molecule has 6 nitrogen and oxygen atoms in total. The summed E-state index contributed by atoms with van der Waals surface area (Å²) in [6, 6.07) is 11.0. The maximum atomic E-state index is 12.4. The number of aliphatic imine (C=N–C) groups is 1. The Morgan fingerprint density at radius 1 is 1.18 bits per heavy atom. The molecule has 1 aliphatic rings. The lowest BCUT2D eigenvalue weighted by atomic mass is 10.1. The number of esters is 1. The van der Waals surface area contributed by atoms with Gasteiger partial charge in [0.1, 0.15) is 16.4 Å². The molecule has 0 spiro atoms. The van der Waals surface area contributed by atoms with E-state index in [1.54, 1.807) is 43.3 Å². The van der Waals surface area contributed by atoms with Crippen molar-refractivity contribution >= 4 is 46.1 Å². The van der Waals surface area contributed by atoms with Crippen LogP contribution in [0, 0.1) is 0 Å². The SMILES string of the molecule is CCOC(=O)C1=C(O)C(=Cc2ccc(O)c(O)c2)SC1=Nc1cccc(Cl)c1. The molecule has 2 aromatic carbocycles. The molecule has 3 N–H and O–H groups in total. The van der Waals surface area contributed by atoms with Crippen molar-refractivity contribution in [2.75, 3.05) is 6.61 Å². The molecule has 0 amide bonds. The highest BCUT2D eigenvalue weighted by Crippen LogP contribution is 2.41. The predicted molar refractivity (Wildman–Crippen MR) is 110 cm³/mol. The standard InChI is InChI=1S/C20H16ClNO5S/c1-2-27-20(26)17-18(25)16(9-11-6-7-14(23)15(24)8-11)28-19(17)22-13-5-3-4-12(21)10-13/h3-10,23-25H,2H2,1H3. The summed E-state index contributed by atoms with van der Waals surface area (Å²) in [6.07, 6.45) is 1.57. The molecule has 1 aliphatic heterocycles. The van der Waals surface area contributed by atoms with Crippen LogP contribution in [0.5, 0.6) is 11.5 Å². The first-order chi connectivity index (χ1) is 13.4. The molecule has 1 heterocycles. The van der Waals surface area contributed by atoms with Gasteiger partial charge in [0.25, 0.3) is 0 Å². The van der Waals surface area contributed by atoms with Crippen LogP contribution < -0.4 is 0 Å². The average Bonchev–Trinajstić information content (AvgIpc) is 2.93. The third-order valence-electron chi connectivity index (χ3n) is 3.71. The predicted octanol–water partition coefficient (Wildman–Crippen LogP) is 4.94. The second kappa shape index (κ2) is 8.41. The quantitative estimate of drug-likeness (QED) is 0.481. The molecular weight excluding hydrogens is 402 g/mol. The smallest absolute Gasteiger partial charge is 0.344 e. The van der Waals surface area contributed by atoms with Gasteiger partial charge in [-0.05, 0) is 48.9 Å². The van der Waals surface area contributed by atoms with E-state index in [1.807, 2.05) is 0 Å². The van der Waals surface area contributed by atoms with Crippen molar-refractivity contribution in [3.63, 3.8) is 0 Å². The summed E-state index contributed by atoms with van der Waals surface area (Å²) < 4.78 is 5.04. The Balaban J connectivity index is 2.05. The van der Waals surface area contributed by atoms with Crippen LogP contribution in [-0.2, 0) is 9.53 Å². The Hall–Kier alpha value is -2.90. The zero-order valence-corrected chi connectivity index (χ0v) is 16.3. The summed E-state index contributed by atoms with van der Waals surface area (Å²) in [5.41, 5.74) is 1.01. The van der Waals surface area contributed by atoms with Gasteiger partial charge in [-0.3, -0.25) is 0 Å². The summed E-state index contributed by atoms with van der Waals surface area (Å²) in [5.74, 6) is -1.50. The topological polar surface area (TPSA) is 99.4 Å². The summed E-state index contributed by atoms with van der Waals surface area (Å²) in [4.78, 5) is 17.1. The number of hydrogen-bond donors (Lipinski definition) is 3. The Morgan fingerprint density at radius 2 is 1.96 bits per heavy atom. The fraction of sp³-hybridized carbons (Fsp3) is 0.100. The van der Waals surface area contributed by atoms with Crippen LogP contribution in [0.4, 0.5) is 5.69 Å². The highest BCUT2D eigenvalue weighted by molar-refractivity contribution is 8.18. The lowest BCUT2D eigenvalue weighted by molar-refractivity contribution is -0.138. The lowest BCUT2D eigenvalue weighted by Gasteiger charge is -2.04. The molecule has 0 atom stereocenters. The van der Waals surface area contributed by atoms with Crippen molar-refractivity contribution in [1.82, 2.24) is 0 Å². The number of ether oxygens (including phenoxy) is 1. The van der Waals surface area contributed by atoms with E-state index in [1.165, 1.54) is 12.1 Å². The van der Waals surface area contributed by atoms with Gasteiger partial charge in [-0.15, -0.1) is 0 Å². The molecular formula is C20H16ClNO5S. The number of halogens is 1. The Bertz CT molecular complexity index is 1030. The van der Waals surface area contributed by atoms with Crippen molar-refractivity contribution in [3.8, 4) is 11.5 Å². The van der Waals surface area contributed by atoms with E-state index >= 15 is 0 Å². The number of thioether (sulfide) groups is 1. The number of phenols is 2. The summed E-state index contributed by atoms with van der Waals surface area (Å²) >= 11 is 7.07. The molecule has 0 bridgehead atoms. The van der Waals surface area contributed by atoms with Crippen LogP contribution in [0.3, 0.4) is 0 Å². The number of aliphatic hydroxyl groups excluding tert-OH is 1. The van der Waals surface area contributed by atoms with E-state index < -0.39 is 5.97 Å². The zero-order valence-electron chi connectivity index (χ0n) is 14.7. The van der Waals surface area contributed by atoms with Crippen molar-refractivity contribution in [1.29, 1.82) is 0 Å². The number of hydrogen-bond acceptors (Lipinski definition) is 7. The molecule has 0 aliphatic carbocycles. The second-order valence-corrected chi connectivity index (χ2v) is 7.17. The minimum Gasteiger partial charge on any atom is -0.506 e. The molecule has 0 fully saturated rings. The number of phenolic OH excluding ortho intramolecular Hbond substituents is 2. The van der Waals surface area contributed by atoms with Gasteiger partial charge >= 0.3 is 5.97 Å². The zero-order chi connectivity index (χ0) is 20.3. The van der Waals surface area contributed by atoms with E-state index in [0.29, 0.717) is 21.2 Å². The average molecular weight is 418 g/mol. The van der Waals surface area contributed by atoms with Crippen LogP contribution in [0.25, 0.3) is 6.08 Å². The molecule has 0 saturated heterocycles. The molecule has 8 heteroatoms. The maximum absolute atomic E-state index is 12.4. The summed E-state index contributed by atoms with van der Waals surface area (Å²) in [6.45, 7) is 1.82. The van der Waals surface area contributed by atoms with Crippen LogP contribution in [0.1, 0.15) is 12.5 Å². The largest absolute Gasteiger partial charge is 0.506 e. The lowest BCUT2D eigenvalue weighted by Crippen LogP contribution is -2.12. The van der Waals surface area contributed by atoms with Crippen molar-refractivity contribution < 1.29 is 24.9 Å². The van der Waals surface area contributed by atoms with Gasteiger partial charge in [-0.1, -0.05) is 35.5 Å². The Morgan fingerprint density at radius 3 is 2.64 bits per heavy atom. The fourth-order valence-electron chi connectivity index (χ4n) is 2.44. The highest BCUT2D eigenvalue weighted by atomic mass is 35.5. The second-order valence-electron chi connectivity index (χ2n) is 5.70. The van der Waals surface area contributed by atoms with Gasteiger partial charge in [0, 0.05) is 5.02 Å². The number of benzene rings is 2. The van der Waals surface area contributed by atoms with E-state index in [4.69, 9.17) is 16.3 Å². The Kier molecular flexibility index (Phi) is 5.96. The van der Waals surface area contributed by atoms with Crippen LogP contribution in [-0.4, -0.2) is 32.9 Å². The van der Waals surface area contributed by atoms with E-state index in [2.05, 4.69) is 4.99 Å². The van der Waals surface area contributed by atoms with E-state index in [9.17, 15) is 20.1 Å². The number of aliphatic hydroxyl groups is 1. The maximum Gasteiger partial charge on any atom is 0.344 e. The van der Waals surface area contributed by atoms with Gasteiger partial charge < -0.3 is 20.1 Å². The van der Waals surface area contributed by atoms with Gasteiger partial charge in [0.15, 0.2) is 11.5 Å². The summed E-state index contributed by atoms with van der Waals surface area (Å²) in [7, 11) is 0. The number of aromatic hydroxyl groups is 2. The van der Waals surface area contributed by atoms with Gasteiger partial charge in [-0.25, -0.2) is 9.79 Å². The number of nitrogens with zero attached hydrogens (tertiary/aromatic N) is 1. The molecule has 28 heavy (non-hydrogen) atoms. The van der Waals surface area contributed by atoms with Gasteiger partial charge in [0.2, 0.25) is 0 Å². The van der Waals surface area contributed by atoms with Crippen molar-refractivity contribution in [2.45, 2.75) is 6.92 Å². The van der Waals surface area contributed by atoms with Crippen molar-refractivity contribution in [3.05, 3.63) is 69.3 Å². The third kappa shape index (κ3) is 4.32. The molecule has 0 saturated carbocycles.